The molecule has 1 atom stereocenters. The summed E-state index contributed by atoms with van der Waals surface area (Å²) in [6.45, 7) is 4.05. The molecule has 1 spiro atoms. The van der Waals surface area contributed by atoms with Crippen molar-refractivity contribution < 1.29 is 14.0 Å². The summed E-state index contributed by atoms with van der Waals surface area (Å²) in [5, 5.41) is 6.85. The number of alkyl halides is 1. The van der Waals surface area contributed by atoms with Crippen molar-refractivity contribution in [1.29, 1.82) is 0 Å². The minimum atomic E-state index is -1.07. The van der Waals surface area contributed by atoms with E-state index in [0.29, 0.717) is 25.9 Å². The molecule has 8 nitrogen and oxygen atoms in total. The lowest BCUT2D eigenvalue weighted by molar-refractivity contribution is -0.128. The Labute approximate surface area is 186 Å². The number of rotatable bonds is 7. The number of nitrogens with zero attached hydrogens (tertiary/aromatic N) is 3. The van der Waals surface area contributed by atoms with Gasteiger partial charge in [-0.05, 0) is 56.4 Å². The minimum absolute atomic E-state index is 0.00140. The maximum absolute atomic E-state index is 13.5. The molecule has 5 rings (SSSR count). The van der Waals surface area contributed by atoms with E-state index in [4.69, 9.17) is 0 Å². The van der Waals surface area contributed by atoms with E-state index in [1.165, 1.54) is 0 Å². The Hall–Kier alpha value is -2.71. The van der Waals surface area contributed by atoms with E-state index in [-0.39, 0.29) is 35.5 Å². The van der Waals surface area contributed by atoms with E-state index >= 15 is 0 Å². The zero-order valence-corrected chi connectivity index (χ0v) is 18.5. The number of nitrogens with one attached hydrogen (secondary N) is 3. The Morgan fingerprint density at radius 2 is 2.09 bits per heavy atom. The summed E-state index contributed by atoms with van der Waals surface area (Å²) < 4.78 is 13.5. The van der Waals surface area contributed by atoms with Crippen LogP contribution in [-0.4, -0.2) is 58.6 Å². The number of amides is 2. The van der Waals surface area contributed by atoms with Crippen LogP contribution in [0.1, 0.15) is 45.4 Å². The molecule has 32 heavy (non-hydrogen) atoms. The van der Waals surface area contributed by atoms with E-state index in [0.717, 1.165) is 49.2 Å². The molecule has 0 aromatic carbocycles. The molecule has 2 aromatic heterocycles. The van der Waals surface area contributed by atoms with Gasteiger partial charge < -0.3 is 20.5 Å². The largest absolute Gasteiger partial charge is 0.356 e. The second kappa shape index (κ2) is 8.01. The van der Waals surface area contributed by atoms with Crippen molar-refractivity contribution in [1.82, 2.24) is 25.6 Å². The second-order valence-electron chi connectivity index (χ2n) is 10.1. The van der Waals surface area contributed by atoms with Gasteiger partial charge in [0.1, 0.15) is 23.5 Å². The van der Waals surface area contributed by atoms with Crippen LogP contribution in [0, 0.1) is 17.3 Å². The number of hydrogen-bond acceptors (Lipinski definition) is 5. The first-order valence-electron chi connectivity index (χ1n) is 11.6. The highest BCUT2D eigenvalue weighted by molar-refractivity contribution is 5.88. The number of halogens is 1. The summed E-state index contributed by atoms with van der Waals surface area (Å²) in [6, 6.07) is 2.00. The molecule has 3 N–H and O–H groups in total. The van der Waals surface area contributed by atoms with Crippen LogP contribution in [0.15, 0.2) is 18.6 Å². The van der Waals surface area contributed by atoms with Gasteiger partial charge in [-0.3, -0.25) is 9.59 Å². The molecule has 2 aliphatic carbocycles. The summed E-state index contributed by atoms with van der Waals surface area (Å²) >= 11 is 0. The summed E-state index contributed by atoms with van der Waals surface area (Å²) in [5.41, 5.74) is -0.241. The molecule has 1 aliphatic heterocycles. The Kier molecular flexibility index (Phi) is 5.29. The SMILES string of the molecule is CC1(F)CC(CNC(=O)CCNC(=O)[C@H]2CCN(c3ncnc4[nH]ccc34)CC23CC3)C1. The number of hydrogen-bond donors (Lipinski definition) is 3. The lowest BCUT2D eigenvalue weighted by Gasteiger charge is -2.39. The van der Waals surface area contributed by atoms with Crippen LogP contribution < -0.4 is 15.5 Å². The molecule has 9 heteroatoms. The molecule has 3 heterocycles. The van der Waals surface area contributed by atoms with Gasteiger partial charge in [0.05, 0.1) is 5.39 Å². The number of fused-ring (bicyclic) bond motifs is 1. The van der Waals surface area contributed by atoms with Gasteiger partial charge in [-0.1, -0.05) is 0 Å². The fourth-order valence-electron chi connectivity index (χ4n) is 5.59. The summed E-state index contributed by atoms with van der Waals surface area (Å²) in [4.78, 5) is 39.2. The standard InChI is InChI=1S/C23H31FN6O2/c1-22(24)10-15(11-22)12-27-18(31)3-8-26-21(32)17-4-9-30(13-23(17)5-6-23)20-16-2-7-25-19(16)28-14-29-20/h2,7,14-15,17H,3-6,8-13H2,1H3,(H,26,32)(H,27,31)(H,25,28,29)/t15?,17-,22?/m1/s1. The average molecular weight is 443 g/mol. The molecule has 0 bridgehead atoms. The highest BCUT2D eigenvalue weighted by Crippen LogP contribution is 2.56. The zero-order valence-electron chi connectivity index (χ0n) is 18.5. The van der Waals surface area contributed by atoms with Crippen molar-refractivity contribution >= 4 is 28.7 Å². The number of aromatic nitrogens is 3. The predicted molar refractivity (Wildman–Crippen MR) is 119 cm³/mol. The number of H-pyrrole nitrogens is 1. The van der Waals surface area contributed by atoms with Gasteiger partial charge >= 0.3 is 0 Å². The molecular formula is C23H31FN6O2. The third-order valence-electron chi connectivity index (χ3n) is 7.44. The maximum Gasteiger partial charge on any atom is 0.223 e. The third-order valence-corrected chi connectivity index (χ3v) is 7.44. The molecule has 0 radical (unpaired) electrons. The lowest BCUT2D eigenvalue weighted by Crippen LogP contribution is -2.48. The fourth-order valence-corrected chi connectivity index (χ4v) is 5.59. The summed E-state index contributed by atoms with van der Waals surface area (Å²) in [6.07, 6.45) is 7.58. The highest BCUT2D eigenvalue weighted by atomic mass is 19.1. The molecule has 2 amide bonds. The Morgan fingerprint density at radius 3 is 2.84 bits per heavy atom. The number of carbonyl (C=O) groups is 2. The van der Waals surface area contributed by atoms with Gasteiger partial charge in [-0.2, -0.15) is 0 Å². The Bertz CT molecular complexity index is 1010. The lowest BCUT2D eigenvalue weighted by atomic mass is 9.73. The van der Waals surface area contributed by atoms with Crippen LogP contribution in [-0.2, 0) is 9.59 Å². The second-order valence-corrected chi connectivity index (χ2v) is 10.1. The first kappa shape index (κ1) is 21.2. The van der Waals surface area contributed by atoms with Gasteiger partial charge in [0, 0.05) is 44.7 Å². The number of piperidine rings is 1. The van der Waals surface area contributed by atoms with Gasteiger partial charge in [0.15, 0.2) is 0 Å². The first-order chi connectivity index (χ1) is 15.4. The van der Waals surface area contributed by atoms with Crippen LogP contribution >= 0.6 is 0 Å². The monoisotopic (exact) mass is 442 g/mol. The Morgan fingerprint density at radius 1 is 1.28 bits per heavy atom. The minimum Gasteiger partial charge on any atom is -0.356 e. The highest BCUT2D eigenvalue weighted by Gasteiger charge is 2.55. The average Bonchev–Trinajstić information content (AvgIpc) is 3.32. The Balaban J connectivity index is 1.09. The van der Waals surface area contributed by atoms with Crippen molar-refractivity contribution in [3.63, 3.8) is 0 Å². The van der Waals surface area contributed by atoms with Crippen molar-refractivity contribution in [2.24, 2.45) is 17.3 Å². The molecule has 3 aliphatic rings. The first-order valence-corrected chi connectivity index (χ1v) is 11.6. The van der Waals surface area contributed by atoms with Gasteiger partial charge in [0.25, 0.3) is 0 Å². The van der Waals surface area contributed by atoms with Crippen molar-refractivity contribution in [3.8, 4) is 0 Å². The maximum atomic E-state index is 13.5. The van der Waals surface area contributed by atoms with E-state index in [1.807, 2.05) is 12.3 Å². The van der Waals surface area contributed by atoms with Gasteiger partial charge in [-0.15, -0.1) is 0 Å². The number of anilines is 1. The van der Waals surface area contributed by atoms with Crippen LogP contribution in [0.5, 0.6) is 0 Å². The summed E-state index contributed by atoms with van der Waals surface area (Å²) in [5.74, 6) is 1.09. The quantitative estimate of drug-likeness (QED) is 0.611. The predicted octanol–water partition coefficient (Wildman–Crippen LogP) is 2.33. The molecule has 172 valence electrons. The van der Waals surface area contributed by atoms with E-state index in [9.17, 15) is 14.0 Å². The van der Waals surface area contributed by atoms with Crippen molar-refractivity contribution in [2.75, 3.05) is 31.1 Å². The summed E-state index contributed by atoms with van der Waals surface area (Å²) in [7, 11) is 0. The molecule has 0 unspecified atom stereocenters. The van der Waals surface area contributed by atoms with Crippen molar-refractivity contribution in [3.05, 3.63) is 18.6 Å². The molecular weight excluding hydrogens is 411 g/mol. The van der Waals surface area contributed by atoms with E-state index in [1.54, 1.807) is 13.3 Å². The van der Waals surface area contributed by atoms with Gasteiger partial charge in [-0.25, -0.2) is 14.4 Å². The van der Waals surface area contributed by atoms with E-state index in [2.05, 4.69) is 30.5 Å². The third kappa shape index (κ3) is 4.17. The molecule has 2 aromatic rings. The van der Waals surface area contributed by atoms with Crippen molar-refractivity contribution in [2.45, 2.75) is 51.1 Å². The topological polar surface area (TPSA) is 103 Å². The van der Waals surface area contributed by atoms with E-state index < -0.39 is 5.67 Å². The smallest absolute Gasteiger partial charge is 0.223 e. The molecule has 3 fully saturated rings. The normalized spacial score (nSPS) is 28.4. The van der Waals surface area contributed by atoms with Crippen LogP contribution in [0.2, 0.25) is 0 Å². The number of carbonyl (C=O) groups excluding carboxylic acids is 2. The van der Waals surface area contributed by atoms with Crippen LogP contribution in [0.4, 0.5) is 10.2 Å². The molecule has 1 saturated heterocycles. The zero-order chi connectivity index (χ0) is 22.3. The van der Waals surface area contributed by atoms with Crippen LogP contribution in [0.25, 0.3) is 11.0 Å². The van der Waals surface area contributed by atoms with Gasteiger partial charge in [0.2, 0.25) is 11.8 Å². The fraction of sp³-hybridized carbons (Fsp3) is 0.652. The van der Waals surface area contributed by atoms with Crippen LogP contribution in [0.3, 0.4) is 0 Å². The molecule has 2 saturated carbocycles. The number of aromatic amines is 1.